The molecule has 0 saturated carbocycles. The van der Waals surface area contributed by atoms with Gasteiger partial charge < -0.3 is 0 Å². The van der Waals surface area contributed by atoms with E-state index >= 15 is 0 Å². The van der Waals surface area contributed by atoms with Crippen molar-refractivity contribution in [3.8, 4) is 0 Å². The Morgan fingerprint density at radius 3 is 2.68 bits per heavy atom. The Morgan fingerprint density at radius 1 is 1.32 bits per heavy atom. The van der Waals surface area contributed by atoms with E-state index in [1.165, 1.54) is 12.1 Å². The number of hydrogen-bond donors (Lipinski definition) is 1. The minimum Gasteiger partial charge on any atom is -0.211 e. The Hall–Kier alpha value is 0.250. The second-order valence-corrected chi connectivity index (χ2v) is 8.04. The molecular formula is C12H17BrClNO2S2. The molecule has 7 heteroatoms. The van der Waals surface area contributed by atoms with Gasteiger partial charge in [0.2, 0.25) is 10.0 Å². The summed E-state index contributed by atoms with van der Waals surface area (Å²) in [6.07, 6.45) is 5.08. The Labute approximate surface area is 132 Å². The number of rotatable bonds is 8. The lowest BCUT2D eigenvalue weighted by Gasteiger charge is -2.07. The van der Waals surface area contributed by atoms with E-state index in [4.69, 9.17) is 11.6 Å². The molecule has 0 heterocycles. The van der Waals surface area contributed by atoms with Gasteiger partial charge in [0.25, 0.3) is 0 Å². The summed E-state index contributed by atoms with van der Waals surface area (Å²) in [5.74, 6) is 1.12. The molecule has 19 heavy (non-hydrogen) atoms. The average Bonchev–Trinajstić information content (AvgIpc) is 2.36. The van der Waals surface area contributed by atoms with Crippen LogP contribution in [-0.2, 0) is 10.0 Å². The molecule has 0 spiro atoms. The lowest BCUT2D eigenvalue weighted by molar-refractivity contribution is 0.576. The van der Waals surface area contributed by atoms with E-state index < -0.39 is 10.0 Å². The first kappa shape index (κ1) is 17.3. The van der Waals surface area contributed by atoms with Crippen molar-refractivity contribution in [3.63, 3.8) is 0 Å². The van der Waals surface area contributed by atoms with Gasteiger partial charge in [-0.2, -0.15) is 11.8 Å². The van der Waals surface area contributed by atoms with E-state index in [1.54, 1.807) is 6.07 Å². The van der Waals surface area contributed by atoms with E-state index in [9.17, 15) is 8.42 Å². The molecule has 0 bridgehead atoms. The summed E-state index contributed by atoms with van der Waals surface area (Å²) in [7, 11) is -3.44. The summed E-state index contributed by atoms with van der Waals surface area (Å²) in [6, 6.07) is 4.58. The van der Waals surface area contributed by atoms with Crippen LogP contribution in [0.1, 0.15) is 19.3 Å². The normalized spacial score (nSPS) is 11.7. The van der Waals surface area contributed by atoms with Crippen LogP contribution in [0.4, 0.5) is 0 Å². The van der Waals surface area contributed by atoms with Crippen molar-refractivity contribution in [3.05, 3.63) is 27.7 Å². The molecule has 3 nitrogen and oxygen atoms in total. The van der Waals surface area contributed by atoms with E-state index in [0.717, 1.165) is 25.0 Å². The van der Waals surface area contributed by atoms with Gasteiger partial charge in [0.05, 0.1) is 9.92 Å². The lowest BCUT2D eigenvalue weighted by atomic mass is 10.2. The summed E-state index contributed by atoms with van der Waals surface area (Å²) in [5.41, 5.74) is 0. The predicted molar refractivity (Wildman–Crippen MR) is 86.6 cm³/mol. The first-order valence-electron chi connectivity index (χ1n) is 5.91. The smallest absolute Gasteiger partial charge is 0.211 e. The minimum absolute atomic E-state index is 0.230. The van der Waals surface area contributed by atoms with Crippen molar-refractivity contribution in [2.75, 3.05) is 18.6 Å². The highest BCUT2D eigenvalue weighted by Crippen LogP contribution is 2.25. The van der Waals surface area contributed by atoms with Gasteiger partial charge in [-0.25, -0.2) is 13.1 Å². The highest BCUT2D eigenvalue weighted by Gasteiger charge is 2.14. The van der Waals surface area contributed by atoms with Gasteiger partial charge in [-0.05, 0) is 59.0 Å². The van der Waals surface area contributed by atoms with Crippen molar-refractivity contribution in [2.24, 2.45) is 0 Å². The summed E-state index contributed by atoms with van der Waals surface area (Å²) in [4.78, 5) is 0.230. The van der Waals surface area contributed by atoms with E-state index in [-0.39, 0.29) is 4.90 Å². The number of unbranched alkanes of at least 4 members (excludes halogenated alkanes) is 2. The van der Waals surface area contributed by atoms with Gasteiger partial charge in [0.1, 0.15) is 0 Å². The monoisotopic (exact) mass is 385 g/mol. The fourth-order valence-corrected chi connectivity index (χ4v) is 3.72. The van der Waals surface area contributed by atoms with Crippen molar-refractivity contribution in [2.45, 2.75) is 24.2 Å². The third-order valence-electron chi connectivity index (χ3n) is 2.52. The highest BCUT2D eigenvalue weighted by atomic mass is 79.9. The van der Waals surface area contributed by atoms with Crippen LogP contribution in [0, 0.1) is 0 Å². The molecular weight excluding hydrogens is 370 g/mol. The number of sulfonamides is 1. The van der Waals surface area contributed by atoms with Crippen LogP contribution in [0.25, 0.3) is 0 Å². The third-order valence-corrected chi connectivity index (χ3v) is 5.89. The molecule has 1 rings (SSSR count). The van der Waals surface area contributed by atoms with Gasteiger partial charge in [-0.15, -0.1) is 0 Å². The first-order valence-corrected chi connectivity index (χ1v) is 9.96. The summed E-state index contributed by atoms with van der Waals surface area (Å²) >= 11 is 10.9. The molecule has 1 aromatic rings. The Balaban J connectivity index is 2.49. The fraction of sp³-hybridized carbons (Fsp3) is 0.500. The average molecular weight is 387 g/mol. The number of nitrogens with one attached hydrogen (secondary N) is 1. The van der Waals surface area contributed by atoms with Crippen molar-refractivity contribution >= 4 is 49.3 Å². The number of hydrogen-bond acceptors (Lipinski definition) is 3. The molecule has 0 aliphatic rings. The molecule has 0 aliphatic heterocycles. The van der Waals surface area contributed by atoms with Gasteiger partial charge >= 0.3 is 0 Å². The Kier molecular flexibility index (Phi) is 7.76. The zero-order valence-corrected chi connectivity index (χ0v) is 14.6. The molecule has 108 valence electrons. The first-order chi connectivity index (χ1) is 8.97. The maximum Gasteiger partial charge on any atom is 0.240 e. The standard InChI is InChI=1S/C12H17BrClNO2S2/c1-18-8-4-2-3-7-15-19(16,17)10-5-6-12(14)11(13)9-10/h5-6,9,15H,2-4,7-8H2,1H3. The second-order valence-electron chi connectivity index (χ2n) is 4.03. The molecule has 0 unspecified atom stereocenters. The highest BCUT2D eigenvalue weighted by molar-refractivity contribution is 9.10. The molecule has 0 atom stereocenters. The maximum absolute atomic E-state index is 12.0. The third kappa shape index (κ3) is 6.04. The van der Waals surface area contributed by atoms with Crippen molar-refractivity contribution in [1.82, 2.24) is 4.72 Å². The molecule has 1 N–H and O–H groups in total. The topological polar surface area (TPSA) is 46.2 Å². The molecule has 0 amide bonds. The Morgan fingerprint density at radius 2 is 2.05 bits per heavy atom. The zero-order chi connectivity index (χ0) is 14.3. The fourth-order valence-electron chi connectivity index (χ4n) is 1.48. The summed E-state index contributed by atoms with van der Waals surface area (Å²) in [6.45, 7) is 0.469. The molecule has 0 aliphatic carbocycles. The molecule has 0 fully saturated rings. The van der Waals surface area contributed by atoms with Gasteiger partial charge in [-0.1, -0.05) is 18.0 Å². The molecule has 0 aromatic heterocycles. The van der Waals surface area contributed by atoms with Gasteiger partial charge in [0.15, 0.2) is 0 Å². The van der Waals surface area contributed by atoms with Crippen molar-refractivity contribution < 1.29 is 8.42 Å². The molecule has 0 radical (unpaired) electrons. The zero-order valence-electron chi connectivity index (χ0n) is 10.7. The van der Waals surface area contributed by atoms with Crippen LogP contribution in [0.3, 0.4) is 0 Å². The Bertz CT molecular complexity index is 508. The van der Waals surface area contributed by atoms with Gasteiger partial charge in [-0.3, -0.25) is 0 Å². The van der Waals surface area contributed by atoms with E-state index in [0.29, 0.717) is 16.0 Å². The molecule has 1 aromatic carbocycles. The summed E-state index contributed by atoms with van der Waals surface area (Å²) in [5, 5.41) is 0.496. The van der Waals surface area contributed by atoms with Crippen LogP contribution >= 0.6 is 39.3 Å². The van der Waals surface area contributed by atoms with E-state index in [1.807, 2.05) is 11.8 Å². The second kappa shape index (κ2) is 8.52. The number of halogens is 2. The maximum atomic E-state index is 12.0. The van der Waals surface area contributed by atoms with Crippen LogP contribution in [0.5, 0.6) is 0 Å². The lowest BCUT2D eigenvalue weighted by Crippen LogP contribution is -2.24. The van der Waals surface area contributed by atoms with E-state index in [2.05, 4.69) is 26.9 Å². The predicted octanol–water partition coefficient (Wildman–Crippen LogP) is 3.91. The SMILES string of the molecule is CSCCCCCNS(=O)(=O)c1ccc(Cl)c(Br)c1. The molecule has 0 saturated heterocycles. The number of thioether (sulfide) groups is 1. The largest absolute Gasteiger partial charge is 0.240 e. The van der Waals surface area contributed by atoms with Crippen LogP contribution in [-0.4, -0.2) is 27.0 Å². The van der Waals surface area contributed by atoms with Crippen LogP contribution in [0.2, 0.25) is 5.02 Å². The van der Waals surface area contributed by atoms with Crippen molar-refractivity contribution in [1.29, 1.82) is 0 Å². The number of benzene rings is 1. The van der Waals surface area contributed by atoms with Crippen LogP contribution in [0.15, 0.2) is 27.6 Å². The van der Waals surface area contributed by atoms with Crippen LogP contribution < -0.4 is 4.72 Å². The van der Waals surface area contributed by atoms with Gasteiger partial charge in [0, 0.05) is 11.0 Å². The minimum atomic E-state index is -3.44. The quantitative estimate of drug-likeness (QED) is 0.689. The summed E-state index contributed by atoms with van der Waals surface area (Å²) < 4.78 is 27.2.